The summed E-state index contributed by atoms with van der Waals surface area (Å²) in [5.41, 5.74) is 0. The number of hydrogen-bond acceptors (Lipinski definition) is 4. The average Bonchev–Trinajstić information content (AvgIpc) is 3.31. The Bertz CT molecular complexity index is 422. The minimum atomic E-state index is -0.903. The van der Waals surface area contributed by atoms with Crippen LogP contribution in [0.3, 0.4) is 0 Å². The Labute approximate surface area is 123 Å². The molecule has 0 aromatic carbocycles. The topological polar surface area (TPSA) is 87.2 Å². The van der Waals surface area contributed by atoms with Gasteiger partial charge in [0, 0.05) is 25.7 Å². The summed E-state index contributed by atoms with van der Waals surface area (Å²) < 4.78 is 4.75. The zero-order valence-corrected chi connectivity index (χ0v) is 12.3. The molecule has 0 aromatic heterocycles. The monoisotopic (exact) mass is 298 g/mol. The number of nitrogens with zero attached hydrogens (tertiary/aromatic N) is 2. The zero-order valence-electron chi connectivity index (χ0n) is 12.3. The summed E-state index contributed by atoms with van der Waals surface area (Å²) in [6, 6.07) is 0.0164. The molecular formula is C14H22N2O5. The number of methoxy groups -OCH3 is 1. The van der Waals surface area contributed by atoms with Crippen molar-refractivity contribution in [1.29, 1.82) is 0 Å². The van der Waals surface area contributed by atoms with Crippen LogP contribution in [0.5, 0.6) is 0 Å². The molecule has 2 fully saturated rings. The maximum absolute atomic E-state index is 12.6. The van der Waals surface area contributed by atoms with E-state index >= 15 is 0 Å². The van der Waals surface area contributed by atoms with E-state index in [-0.39, 0.29) is 36.9 Å². The molecule has 2 aliphatic rings. The Balaban J connectivity index is 1.95. The van der Waals surface area contributed by atoms with Crippen molar-refractivity contribution in [3.63, 3.8) is 0 Å². The number of ether oxygens (including phenoxy) is 1. The first-order valence-corrected chi connectivity index (χ1v) is 7.38. The third kappa shape index (κ3) is 4.09. The summed E-state index contributed by atoms with van der Waals surface area (Å²) in [6.45, 7) is 1.21. The molecule has 7 nitrogen and oxygen atoms in total. The van der Waals surface area contributed by atoms with Crippen molar-refractivity contribution in [3.05, 3.63) is 0 Å². The highest BCUT2D eigenvalue weighted by molar-refractivity contribution is 5.78. The van der Waals surface area contributed by atoms with Crippen LogP contribution in [-0.4, -0.2) is 65.7 Å². The van der Waals surface area contributed by atoms with Gasteiger partial charge in [-0.05, 0) is 25.7 Å². The van der Waals surface area contributed by atoms with E-state index in [2.05, 4.69) is 0 Å². The number of rotatable bonds is 5. The molecular weight excluding hydrogens is 276 g/mol. The molecule has 1 unspecified atom stereocenters. The van der Waals surface area contributed by atoms with E-state index in [1.165, 1.54) is 7.11 Å². The third-order valence-electron chi connectivity index (χ3n) is 4.03. The lowest BCUT2D eigenvalue weighted by atomic mass is 9.98. The molecule has 1 N–H and O–H groups in total. The summed E-state index contributed by atoms with van der Waals surface area (Å²) in [6.07, 6.45) is 3.31. The first-order chi connectivity index (χ1) is 10.0. The normalized spacial score (nSPS) is 21.8. The second-order valence-corrected chi connectivity index (χ2v) is 5.66. The fourth-order valence-corrected chi connectivity index (χ4v) is 2.73. The number of carbonyl (C=O) groups excluding carboxylic acids is 2. The summed E-state index contributed by atoms with van der Waals surface area (Å²) in [5.74, 6) is -1.45. The van der Waals surface area contributed by atoms with E-state index < -0.39 is 5.97 Å². The van der Waals surface area contributed by atoms with Crippen molar-refractivity contribution in [3.8, 4) is 0 Å². The number of piperidine rings is 1. The Hall–Kier alpha value is -1.79. The molecule has 2 rings (SSSR count). The van der Waals surface area contributed by atoms with E-state index in [4.69, 9.17) is 9.84 Å². The molecule has 1 heterocycles. The predicted octanol–water partition coefficient (Wildman–Crippen LogP) is 0.930. The fourth-order valence-electron chi connectivity index (χ4n) is 2.73. The molecule has 2 amide bonds. The number of carboxylic acid groups (broad SMARTS) is 1. The Morgan fingerprint density at radius 2 is 2.00 bits per heavy atom. The Kier molecular flexibility index (Phi) is 5.03. The maximum Gasteiger partial charge on any atom is 0.320 e. The number of urea groups is 1. The SMILES string of the molecule is COC(=O)C1CCCN(C(=O)N(CCC(=O)O)C2CC2)C1. The van der Waals surface area contributed by atoms with Gasteiger partial charge >= 0.3 is 18.0 Å². The number of carboxylic acids is 1. The van der Waals surface area contributed by atoms with Crippen LogP contribution in [0.4, 0.5) is 4.79 Å². The van der Waals surface area contributed by atoms with Gasteiger partial charge in [-0.1, -0.05) is 0 Å². The van der Waals surface area contributed by atoms with Gasteiger partial charge in [0.25, 0.3) is 0 Å². The van der Waals surface area contributed by atoms with Crippen LogP contribution in [0.2, 0.25) is 0 Å². The second kappa shape index (κ2) is 6.78. The summed E-state index contributed by atoms with van der Waals surface area (Å²) in [4.78, 5) is 38.2. The van der Waals surface area contributed by atoms with Gasteiger partial charge in [-0.3, -0.25) is 9.59 Å². The van der Waals surface area contributed by atoms with Gasteiger partial charge in [-0.15, -0.1) is 0 Å². The van der Waals surface area contributed by atoms with Crippen LogP contribution in [-0.2, 0) is 14.3 Å². The number of esters is 1. The highest BCUT2D eigenvalue weighted by Crippen LogP contribution is 2.29. The van der Waals surface area contributed by atoms with Crippen molar-refractivity contribution in [1.82, 2.24) is 9.80 Å². The average molecular weight is 298 g/mol. The molecule has 0 aromatic rings. The predicted molar refractivity (Wildman–Crippen MR) is 73.7 cm³/mol. The van der Waals surface area contributed by atoms with E-state index in [1.54, 1.807) is 9.80 Å². The lowest BCUT2D eigenvalue weighted by molar-refractivity contribution is -0.146. The van der Waals surface area contributed by atoms with Gasteiger partial charge in [0.1, 0.15) is 0 Å². The largest absolute Gasteiger partial charge is 0.481 e. The van der Waals surface area contributed by atoms with E-state index in [0.29, 0.717) is 13.1 Å². The molecule has 0 bridgehead atoms. The molecule has 21 heavy (non-hydrogen) atoms. The Morgan fingerprint density at radius 1 is 1.29 bits per heavy atom. The molecule has 1 atom stereocenters. The summed E-state index contributed by atoms with van der Waals surface area (Å²) >= 11 is 0. The number of aliphatic carboxylic acids is 1. The van der Waals surface area contributed by atoms with Crippen LogP contribution in [0, 0.1) is 5.92 Å². The van der Waals surface area contributed by atoms with Crippen molar-refractivity contribution in [2.45, 2.75) is 38.1 Å². The van der Waals surface area contributed by atoms with Gasteiger partial charge in [0.2, 0.25) is 0 Å². The van der Waals surface area contributed by atoms with Gasteiger partial charge in [0.05, 0.1) is 19.4 Å². The minimum absolute atomic E-state index is 0.0451. The van der Waals surface area contributed by atoms with Crippen LogP contribution in [0.15, 0.2) is 0 Å². The van der Waals surface area contributed by atoms with Crippen LogP contribution >= 0.6 is 0 Å². The van der Waals surface area contributed by atoms with Crippen molar-refractivity contribution >= 4 is 18.0 Å². The standard InChI is InChI=1S/C14H22N2O5/c1-21-13(19)10-3-2-7-15(9-10)14(20)16(11-4-5-11)8-6-12(17)18/h10-11H,2-9H2,1H3,(H,17,18). The Morgan fingerprint density at radius 3 is 2.57 bits per heavy atom. The highest BCUT2D eigenvalue weighted by Gasteiger charge is 2.37. The molecule has 7 heteroatoms. The maximum atomic E-state index is 12.6. The van der Waals surface area contributed by atoms with Gasteiger partial charge in [0.15, 0.2) is 0 Å². The van der Waals surface area contributed by atoms with E-state index in [0.717, 1.165) is 25.7 Å². The second-order valence-electron chi connectivity index (χ2n) is 5.66. The smallest absolute Gasteiger partial charge is 0.320 e. The molecule has 1 saturated carbocycles. The summed E-state index contributed by atoms with van der Waals surface area (Å²) in [7, 11) is 1.35. The number of carbonyl (C=O) groups is 3. The van der Waals surface area contributed by atoms with Crippen LogP contribution in [0.1, 0.15) is 32.1 Å². The molecule has 1 aliphatic heterocycles. The van der Waals surface area contributed by atoms with E-state index in [1.807, 2.05) is 0 Å². The quantitative estimate of drug-likeness (QED) is 0.763. The summed E-state index contributed by atoms with van der Waals surface area (Å²) in [5, 5.41) is 8.79. The number of hydrogen-bond donors (Lipinski definition) is 1. The first-order valence-electron chi connectivity index (χ1n) is 7.38. The molecule has 0 spiro atoms. The first kappa shape index (κ1) is 15.6. The van der Waals surface area contributed by atoms with Crippen molar-refractivity contribution in [2.75, 3.05) is 26.7 Å². The molecule has 1 saturated heterocycles. The third-order valence-corrected chi connectivity index (χ3v) is 4.03. The van der Waals surface area contributed by atoms with Gasteiger partial charge in [-0.2, -0.15) is 0 Å². The van der Waals surface area contributed by atoms with Crippen molar-refractivity contribution < 1.29 is 24.2 Å². The van der Waals surface area contributed by atoms with Gasteiger partial charge < -0.3 is 19.6 Å². The fraction of sp³-hybridized carbons (Fsp3) is 0.786. The number of likely N-dealkylation sites (tertiary alicyclic amines) is 1. The zero-order chi connectivity index (χ0) is 15.4. The lowest BCUT2D eigenvalue weighted by Gasteiger charge is -2.35. The van der Waals surface area contributed by atoms with Crippen molar-refractivity contribution in [2.24, 2.45) is 5.92 Å². The lowest BCUT2D eigenvalue weighted by Crippen LogP contribution is -2.50. The highest BCUT2D eigenvalue weighted by atomic mass is 16.5. The minimum Gasteiger partial charge on any atom is -0.481 e. The van der Waals surface area contributed by atoms with E-state index in [9.17, 15) is 14.4 Å². The molecule has 118 valence electrons. The molecule has 0 radical (unpaired) electrons. The molecule has 1 aliphatic carbocycles. The van der Waals surface area contributed by atoms with Crippen LogP contribution < -0.4 is 0 Å². The van der Waals surface area contributed by atoms with Gasteiger partial charge in [-0.25, -0.2) is 4.79 Å². The van der Waals surface area contributed by atoms with Crippen LogP contribution in [0.25, 0.3) is 0 Å². The number of amides is 2.